The number of hydrogen-bond donors (Lipinski definition) is 1. The topological polar surface area (TPSA) is 38.5 Å². The highest BCUT2D eigenvalue weighted by molar-refractivity contribution is 4.93. The lowest BCUT2D eigenvalue weighted by molar-refractivity contribution is -0.0722. The van der Waals surface area contributed by atoms with E-state index in [4.69, 9.17) is 10.5 Å². The molecule has 3 heteroatoms. The molecule has 17 heavy (non-hydrogen) atoms. The van der Waals surface area contributed by atoms with E-state index in [1.54, 1.807) is 0 Å². The maximum Gasteiger partial charge on any atom is 0.0700 e. The molecule has 2 N–H and O–H groups in total. The summed E-state index contributed by atoms with van der Waals surface area (Å²) >= 11 is 0. The lowest BCUT2D eigenvalue weighted by Crippen LogP contribution is -2.58. The minimum atomic E-state index is 0.197. The second kappa shape index (κ2) is 5.68. The van der Waals surface area contributed by atoms with Crippen LogP contribution in [0.2, 0.25) is 0 Å². The molecule has 2 atom stereocenters. The average Bonchev–Trinajstić information content (AvgIpc) is 2.33. The zero-order chi connectivity index (χ0) is 12.3. The molecule has 1 heterocycles. The van der Waals surface area contributed by atoms with Crippen LogP contribution >= 0.6 is 0 Å². The molecule has 2 rings (SSSR count). The predicted molar refractivity (Wildman–Crippen MR) is 71.0 cm³/mol. The minimum Gasteiger partial charge on any atom is -0.376 e. The maximum atomic E-state index is 6.07. The van der Waals surface area contributed by atoms with E-state index >= 15 is 0 Å². The van der Waals surface area contributed by atoms with Crippen LogP contribution in [0.15, 0.2) is 0 Å². The minimum absolute atomic E-state index is 0.197. The number of hydrogen-bond acceptors (Lipinski definition) is 3. The van der Waals surface area contributed by atoms with E-state index in [0.717, 1.165) is 38.6 Å². The van der Waals surface area contributed by atoms with Crippen molar-refractivity contribution >= 4 is 0 Å². The summed E-state index contributed by atoms with van der Waals surface area (Å²) in [5, 5.41) is 0. The molecule has 1 aliphatic carbocycles. The van der Waals surface area contributed by atoms with Crippen LogP contribution in [0.1, 0.15) is 46.0 Å². The van der Waals surface area contributed by atoms with Gasteiger partial charge in [0.05, 0.1) is 12.7 Å². The Hall–Kier alpha value is -0.120. The van der Waals surface area contributed by atoms with Crippen LogP contribution < -0.4 is 5.73 Å². The summed E-state index contributed by atoms with van der Waals surface area (Å²) in [7, 11) is 0. The van der Waals surface area contributed by atoms with Crippen LogP contribution in [0.5, 0.6) is 0 Å². The lowest BCUT2D eigenvalue weighted by atomic mass is 9.75. The smallest absolute Gasteiger partial charge is 0.0700 e. The van der Waals surface area contributed by atoms with Crippen molar-refractivity contribution in [2.75, 3.05) is 26.2 Å². The molecule has 2 aliphatic rings. The molecule has 2 fully saturated rings. The molecule has 1 saturated carbocycles. The van der Waals surface area contributed by atoms with Crippen LogP contribution in [-0.4, -0.2) is 42.8 Å². The molecule has 1 aliphatic heterocycles. The number of nitrogens with two attached hydrogens (primary N) is 1. The Balaban J connectivity index is 1.94. The summed E-state index contributed by atoms with van der Waals surface area (Å²) < 4.78 is 5.76. The van der Waals surface area contributed by atoms with Crippen molar-refractivity contribution in [1.82, 2.24) is 4.90 Å². The number of rotatable bonds is 5. The summed E-state index contributed by atoms with van der Waals surface area (Å²) in [6.45, 7) is 8.33. The van der Waals surface area contributed by atoms with Gasteiger partial charge in [-0.25, -0.2) is 0 Å². The van der Waals surface area contributed by atoms with Crippen LogP contribution in [0.4, 0.5) is 0 Å². The highest BCUT2D eigenvalue weighted by atomic mass is 16.5. The molecule has 2 unspecified atom stereocenters. The highest BCUT2D eigenvalue weighted by Gasteiger charge is 2.37. The second-order valence-electron chi connectivity index (χ2n) is 6.05. The van der Waals surface area contributed by atoms with E-state index in [1.807, 2.05) is 0 Å². The third-order valence-corrected chi connectivity index (χ3v) is 4.75. The van der Waals surface area contributed by atoms with Crippen molar-refractivity contribution in [3.8, 4) is 0 Å². The Bertz CT molecular complexity index is 242. The Labute approximate surface area is 106 Å². The molecular weight excluding hydrogens is 212 g/mol. The van der Waals surface area contributed by atoms with Gasteiger partial charge < -0.3 is 10.5 Å². The fraction of sp³-hybridized carbons (Fsp3) is 1.00. The molecule has 100 valence electrons. The van der Waals surface area contributed by atoms with Crippen LogP contribution in [0, 0.1) is 5.92 Å². The van der Waals surface area contributed by atoms with Gasteiger partial charge >= 0.3 is 0 Å². The Morgan fingerprint density at radius 3 is 2.71 bits per heavy atom. The van der Waals surface area contributed by atoms with Crippen LogP contribution in [0.25, 0.3) is 0 Å². The number of morpholine rings is 1. The molecule has 0 bridgehead atoms. The van der Waals surface area contributed by atoms with E-state index in [2.05, 4.69) is 18.7 Å². The highest BCUT2D eigenvalue weighted by Crippen LogP contribution is 2.36. The summed E-state index contributed by atoms with van der Waals surface area (Å²) in [5.74, 6) is 0.923. The molecule has 0 spiro atoms. The zero-order valence-corrected chi connectivity index (χ0v) is 11.5. The van der Waals surface area contributed by atoms with Gasteiger partial charge in [0.15, 0.2) is 0 Å². The van der Waals surface area contributed by atoms with Crippen molar-refractivity contribution in [3.63, 3.8) is 0 Å². The quantitative estimate of drug-likeness (QED) is 0.799. The van der Waals surface area contributed by atoms with E-state index in [1.165, 1.54) is 25.7 Å². The Morgan fingerprint density at radius 2 is 2.18 bits per heavy atom. The van der Waals surface area contributed by atoms with Crippen molar-refractivity contribution in [2.45, 2.75) is 57.6 Å². The van der Waals surface area contributed by atoms with E-state index in [0.29, 0.717) is 6.10 Å². The molecule has 3 nitrogen and oxygen atoms in total. The third kappa shape index (κ3) is 3.01. The molecule has 0 aromatic rings. The molecule has 0 aromatic heterocycles. The first-order valence-electron chi connectivity index (χ1n) is 7.24. The van der Waals surface area contributed by atoms with Crippen molar-refractivity contribution in [3.05, 3.63) is 0 Å². The number of nitrogens with zero attached hydrogens (tertiary/aromatic N) is 1. The first-order chi connectivity index (χ1) is 8.18. The van der Waals surface area contributed by atoms with Gasteiger partial charge in [-0.2, -0.15) is 0 Å². The molecule has 1 saturated heterocycles. The maximum absolute atomic E-state index is 6.07. The van der Waals surface area contributed by atoms with Gasteiger partial charge in [-0.05, 0) is 25.7 Å². The first-order valence-corrected chi connectivity index (χ1v) is 7.24. The standard InChI is InChI=1S/C14H28N2O/c1-3-13-10-16(7-8-17-13)14(2,11-15)9-12-5-4-6-12/h12-13H,3-11,15H2,1-2H3. The van der Waals surface area contributed by atoms with Crippen molar-refractivity contribution in [1.29, 1.82) is 0 Å². The fourth-order valence-electron chi connectivity index (χ4n) is 3.12. The van der Waals surface area contributed by atoms with Gasteiger partial charge in [0, 0.05) is 25.2 Å². The van der Waals surface area contributed by atoms with Crippen LogP contribution in [-0.2, 0) is 4.74 Å². The van der Waals surface area contributed by atoms with Crippen LogP contribution in [0.3, 0.4) is 0 Å². The fourth-order valence-corrected chi connectivity index (χ4v) is 3.12. The third-order valence-electron chi connectivity index (χ3n) is 4.75. The van der Waals surface area contributed by atoms with Crippen molar-refractivity contribution < 1.29 is 4.74 Å². The van der Waals surface area contributed by atoms with E-state index in [-0.39, 0.29) is 5.54 Å². The first kappa shape index (κ1) is 13.3. The average molecular weight is 240 g/mol. The van der Waals surface area contributed by atoms with Gasteiger partial charge in [0.2, 0.25) is 0 Å². The molecule has 0 amide bonds. The monoisotopic (exact) mass is 240 g/mol. The molecule has 0 aromatic carbocycles. The lowest BCUT2D eigenvalue weighted by Gasteiger charge is -2.47. The Kier molecular flexibility index (Phi) is 4.45. The molecular formula is C14H28N2O. The Morgan fingerprint density at radius 1 is 1.41 bits per heavy atom. The van der Waals surface area contributed by atoms with E-state index < -0.39 is 0 Å². The zero-order valence-electron chi connectivity index (χ0n) is 11.5. The summed E-state index contributed by atoms with van der Waals surface area (Å²) in [5.41, 5.74) is 6.27. The van der Waals surface area contributed by atoms with Gasteiger partial charge in [-0.1, -0.05) is 26.2 Å². The molecule has 0 radical (unpaired) electrons. The van der Waals surface area contributed by atoms with Gasteiger partial charge in [-0.3, -0.25) is 4.90 Å². The SMILES string of the molecule is CCC1CN(C(C)(CN)CC2CCC2)CCO1. The summed E-state index contributed by atoms with van der Waals surface area (Å²) in [6, 6.07) is 0. The largest absolute Gasteiger partial charge is 0.376 e. The van der Waals surface area contributed by atoms with E-state index in [9.17, 15) is 0 Å². The van der Waals surface area contributed by atoms with Gasteiger partial charge in [-0.15, -0.1) is 0 Å². The summed E-state index contributed by atoms with van der Waals surface area (Å²) in [4.78, 5) is 2.59. The van der Waals surface area contributed by atoms with Gasteiger partial charge in [0.1, 0.15) is 0 Å². The number of ether oxygens (including phenoxy) is 1. The second-order valence-corrected chi connectivity index (χ2v) is 6.05. The van der Waals surface area contributed by atoms with Gasteiger partial charge in [0.25, 0.3) is 0 Å². The summed E-state index contributed by atoms with van der Waals surface area (Å²) in [6.07, 6.45) is 7.05. The normalized spacial score (nSPS) is 30.9. The van der Waals surface area contributed by atoms with Crippen molar-refractivity contribution in [2.24, 2.45) is 11.7 Å². The predicted octanol–water partition coefficient (Wildman–Crippen LogP) is 2.00.